The van der Waals surface area contributed by atoms with Gasteiger partial charge in [-0.15, -0.1) is 0 Å². The summed E-state index contributed by atoms with van der Waals surface area (Å²) in [6.45, 7) is 5.50. The number of para-hydroxylation sites is 1. The Labute approximate surface area is 169 Å². The lowest BCUT2D eigenvalue weighted by atomic mass is 10.1. The summed E-state index contributed by atoms with van der Waals surface area (Å²) >= 11 is 0. The average Bonchev–Trinajstić information content (AvgIpc) is 2.79. The van der Waals surface area contributed by atoms with Crippen LogP contribution in [0, 0.1) is 6.92 Å². The number of hydrogen-bond donors (Lipinski definition) is 0. The van der Waals surface area contributed by atoms with E-state index in [-0.39, 0.29) is 0 Å². The molecule has 2 aromatic carbocycles. The van der Waals surface area contributed by atoms with Gasteiger partial charge in [0, 0.05) is 43.3 Å². The van der Waals surface area contributed by atoms with Crippen molar-refractivity contribution in [2.75, 3.05) is 36.0 Å². The molecule has 1 fully saturated rings. The molecule has 0 unspecified atom stereocenters. The lowest BCUT2D eigenvalue weighted by molar-refractivity contribution is 0.641. The van der Waals surface area contributed by atoms with E-state index in [0.717, 1.165) is 65.9 Å². The molecule has 0 radical (unpaired) electrons. The van der Waals surface area contributed by atoms with Gasteiger partial charge in [0.2, 0.25) is 0 Å². The number of hydrogen-bond acceptors (Lipinski definition) is 6. The molecular formula is C23H22N6. The number of aromatic nitrogens is 4. The molecule has 0 atom stereocenters. The van der Waals surface area contributed by atoms with Crippen LogP contribution in [0.3, 0.4) is 0 Å². The zero-order valence-electron chi connectivity index (χ0n) is 16.4. The summed E-state index contributed by atoms with van der Waals surface area (Å²) in [6, 6.07) is 20.4. The molecule has 0 amide bonds. The highest BCUT2D eigenvalue weighted by Gasteiger charge is 2.22. The topological polar surface area (TPSA) is 58.0 Å². The van der Waals surface area contributed by atoms with Crippen LogP contribution in [0.2, 0.25) is 0 Å². The second kappa shape index (κ2) is 7.47. The zero-order chi connectivity index (χ0) is 19.6. The number of benzene rings is 2. The number of anilines is 2. The van der Waals surface area contributed by atoms with Gasteiger partial charge >= 0.3 is 0 Å². The van der Waals surface area contributed by atoms with Crippen LogP contribution in [0.1, 0.15) is 5.82 Å². The third kappa shape index (κ3) is 3.49. The molecule has 0 bridgehead atoms. The van der Waals surface area contributed by atoms with Gasteiger partial charge in [0.25, 0.3) is 0 Å². The highest BCUT2D eigenvalue weighted by molar-refractivity contribution is 5.91. The summed E-state index contributed by atoms with van der Waals surface area (Å²) < 4.78 is 0. The van der Waals surface area contributed by atoms with E-state index >= 15 is 0 Å². The predicted octanol–water partition coefficient (Wildman–Crippen LogP) is 3.72. The van der Waals surface area contributed by atoms with Gasteiger partial charge in [0.05, 0.1) is 5.52 Å². The minimum absolute atomic E-state index is 0.771. The van der Waals surface area contributed by atoms with Gasteiger partial charge in [-0.05, 0) is 25.1 Å². The SMILES string of the molecule is Cc1nccc(N2CCN(c3nc(-c4ccccc4)nc4ccccc34)CC2)n1. The monoisotopic (exact) mass is 382 g/mol. The molecule has 3 heterocycles. The molecule has 6 heteroatoms. The Hall–Kier alpha value is -3.54. The lowest BCUT2D eigenvalue weighted by Crippen LogP contribution is -2.47. The van der Waals surface area contributed by atoms with Crippen LogP contribution in [-0.2, 0) is 0 Å². The fraction of sp³-hybridized carbons (Fsp3) is 0.217. The molecule has 0 saturated carbocycles. The van der Waals surface area contributed by atoms with Crippen LogP contribution in [0.4, 0.5) is 11.6 Å². The zero-order valence-corrected chi connectivity index (χ0v) is 16.4. The maximum Gasteiger partial charge on any atom is 0.162 e. The third-order valence-electron chi connectivity index (χ3n) is 5.28. The summed E-state index contributed by atoms with van der Waals surface area (Å²) in [5.74, 6) is 3.58. The Balaban J connectivity index is 1.47. The number of nitrogens with zero attached hydrogens (tertiary/aromatic N) is 6. The fourth-order valence-electron chi connectivity index (χ4n) is 3.78. The van der Waals surface area contributed by atoms with Crippen LogP contribution in [-0.4, -0.2) is 46.1 Å². The van der Waals surface area contributed by atoms with E-state index in [0.29, 0.717) is 0 Å². The molecule has 1 saturated heterocycles. The maximum atomic E-state index is 4.98. The molecule has 2 aromatic heterocycles. The molecule has 29 heavy (non-hydrogen) atoms. The molecule has 4 aromatic rings. The number of piperazine rings is 1. The van der Waals surface area contributed by atoms with Crippen LogP contribution in [0.5, 0.6) is 0 Å². The quantitative estimate of drug-likeness (QED) is 0.538. The van der Waals surface area contributed by atoms with Crippen molar-refractivity contribution in [3.8, 4) is 11.4 Å². The number of aryl methyl sites for hydroxylation is 1. The van der Waals surface area contributed by atoms with Crippen molar-refractivity contribution in [1.82, 2.24) is 19.9 Å². The van der Waals surface area contributed by atoms with Gasteiger partial charge in [-0.25, -0.2) is 19.9 Å². The minimum Gasteiger partial charge on any atom is -0.353 e. The average molecular weight is 382 g/mol. The Morgan fingerprint density at radius 2 is 1.45 bits per heavy atom. The molecule has 1 aliphatic rings. The molecule has 144 valence electrons. The van der Waals surface area contributed by atoms with Crippen molar-refractivity contribution >= 4 is 22.5 Å². The molecule has 1 aliphatic heterocycles. The van der Waals surface area contributed by atoms with E-state index in [9.17, 15) is 0 Å². The van der Waals surface area contributed by atoms with Crippen molar-refractivity contribution in [2.45, 2.75) is 6.92 Å². The Morgan fingerprint density at radius 3 is 2.24 bits per heavy atom. The predicted molar refractivity (Wildman–Crippen MR) is 116 cm³/mol. The van der Waals surface area contributed by atoms with Crippen molar-refractivity contribution < 1.29 is 0 Å². The second-order valence-electron chi connectivity index (χ2n) is 7.19. The van der Waals surface area contributed by atoms with E-state index in [1.807, 2.05) is 43.5 Å². The van der Waals surface area contributed by atoms with Crippen molar-refractivity contribution in [1.29, 1.82) is 0 Å². The molecule has 0 aliphatic carbocycles. The Morgan fingerprint density at radius 1 is 0.724 bits per heavy atom. The van der Waals surface area contributed by atoms with Gasteiger partial charge in [-0.3, -0.25) is 0 Å². The van der Waals surface area contributed by atoms with E-state index in [2.05, 4.69) is 50.1 Å². The van der Waals surface area contributed by atoms with E-state index in [1.54, 1.807) is 0 Å². The van der Waals surface area contributed by atoms with E-state index < -0.39 is 0 Å². The highest BCUT2D eigenvalue weighted by Crippen LogP contribution is 2.28. The van der Waals surface area contributed by atoms with Crippen LogP contribution < -0.4 is 9.80 Å². The van der Waals surface area contributed by atoms with Gasteiger partial charge in [0.15, 0.2) is 5.82 Å². The van der Waals surface area contributed by atoms with Gasteiger partial charge in [-0.2, -0.15) is 0 Å². The van der Waals surface area contributed by atoms with Gasteiger partial charge in [0.1, 0.15) is 17.5 Å². The Bertz CT molecular complexity index is 1140. The van der Waals surface area contributed by atoms with E-state index in [4.69, 9.17) is 9.97 Å². The van der Waals surface area contributed by atoms with Crippen molar-refractivity contribution in [3.05, 3.63) is 72.7 Å². The second-order valence-corrected chi connectivity index (χ2v) is 7.19. The first-order valence-electron chi connectivity index (χ1n) is 9.90. The first kappa shape index (κ1) is 17.6. The largest absolute Gasteiger partial charge is 0.353 e. The smallest absolute Gasteiger partial charge is 0.162 e. The summed E-state index contributed by atoms with van der Waals surface area (Å²) in [4.78, 5) is 23.2. The minimum atomic E-state index is 0.771. The molecule has 0 spiro atoms. The maximum absolute atomic E-state index is 4.98. The summed E-state index contributed by atoms with van der Waals surface area (Å²) in [7, 11) is 0. The molecule has 6 nitrogen and oxygen atoms in total. The van der Waals surface area contributed by atoms with Gasteiger partial charge in [-0.1, -0.05) is 42.5 Å². The van der Waals surface area contributed by atoms with Crippen LogP contribution in [0.25, 0.3) is 22.3 Å². The molecule has 5 rings (SSSR count). The third-order valence-corrected chi connectivity index (χ3v) is 5.28. The summed E-state index contributed by atoms with van der Waals surface area (Å²) in [5, 5.41) is 1.10. The fourth-order valence-corrected chi connectivity index (χ4v) is 3.78. The van der Waals surface area contributed by atoms with Crippen molar-refractivity contribution in [2.24, 2.45) is 0 Å². The molecule has 0 N–H and O–H groups in total. The van der Waals surface area contributed by atoms with Crippen LogP contribution >= 0.6 is 0 Å². The highest BCUT2D eigenvalue weighted by atomic mass is 15.3. The van der Waals surface area contributed by atoms with E-state index in [1.165, 1.54) is 0 Å². The normalized spacial score (nSPS) is 14.4. The Kier molecular flexibility index (Phi) is 4.52. The standard InChI is InChI=1S/C23H22N6/c1-17-24-12-11-21(25-17)28-13-15-29(16-14-28)23-19-9-5-6-10-20(19)26-22(27-23)18-7-3-2-4-8-18/h2-12H,13-16H2,1H3. The van der Waals surface area contributed by atoms with Gasteiger partial charge < -0.3 is 9.80 Å². The number of fused-ring (bicyclic) bond motifs is 1. The summed E-state index contributed by atoms with van der Waals surface area (Å²) in [5.41, 5.74) is 2.01. The first-order chi connectivity index (χ1) is 14.3. The summed E-state index contributed by atoms with van der Waals surface area (Å²) in [6.07, 6.45) is 1.83. The number of rotatable bonds is 3. The first-order valence-corrected chi connectivity index (χ1v) is 9.90. The van der Waals surface area contributed by atoms with Crippen molar-refractivity contribution in [3.63, 3.8) is 0 Å². The van der Waals surface area contributed by atoms with Crippen LogP contribution in [0.15, 0.2) is 66.9 Å². The molecular weight excluding hydrogens is 360 g/mol. The lowest BCUT2D eigenvalue weighted by Gasteiger charge is -2.36.